The van der Waals surface area contributed by atoms with Crippen LogP contribution in [0.3, 0.4) is 0 Å². The highest BCUT2D eigenvalue weighted by molar-refractivity contribution is 5.09. The van der Waals surface area contributed by atoms with E-state index >= 15 is 0 Å². The molecule has 0 N–H and O–H groups in total. The fourth-order valence-electron chi connectivity index (χ4n) is 3.54. The highest BCUT2D eigenvalue weighted by Gasteiger charge is 2.61. The molecule has 80 valence electrons. The van der Waals surface area contributed by atoms with Gasteiger partial charge in [0.05, 0.1) is 13.2 Å². The summed E-state index contributed by atoms with van der Waals surface area (Å²) in [6.07, 6.45) is 6.38. The van der Waals surface area contributed by atoms with Gasteiger partial charge in [-0.1, -0.05) is 13.8 Å². The van der Waals surface area contributed by atoms with Gasteiger partial charge in [-0.2, -0.15) is 0 Å². The van der Waals surface area contributed by atoms with Crippen molar-refractivity contribution in [3.05, 3.63) is 0 Å². The van der Waals surface area contributed by atoms with E-state index < -0.39 is 0 Å². The largest absolute Gasteiger partial charge is 0.348 e. The average molecular weight is 196 g/mol. The summed E-state index contributed by atoms with van der Waals surface area (Å²) in [4.78, 5) is 0. The van der Waals surface area contributed by atoms with Gasteiger partial charge in [0, 0.05) is 12.8 Å². The molecule has 2 saturated carbocycles. The van der Waals surface area contributed by atoms with Crippen LogP contribution in [0.2, 0.25) is 0 Å². The lowest BCUT2D eigenvalue weighted by Crippen LogP contribution is -2.45. The van der Waals surface area contributed by atoms with Gasteiger partial charge in [0.1, 0.15) is 0 Å². The molecule has 2 aliphatic carbocycles. The summed E-state index contributed by atoms with van der Waals surface area (Å²) < 4.78 is 11.6. The number of rotatable bonds is 0. The SMILES string of the molecule is CC1(C)CC2(CCC13CC3)OCCO2. The van der Waals surface area contributed by atoms with Gasteiger partial charge >= 0.3 is 0 Å². The molecule has 1 heterocycles. The van der Waals surface area contributed by atoms with Gasteiger partial charge < -0.3 is 9.47 Å². The molecule has 1 saturated heterocycles. The molecule has 3 rings (SSSR count). The smallest absolute Gasteiger partial charge is 0.169 e. The summed E-state index contributed by atoms with van der Waals surface area (Å²) in [5.41, 5.74) is 1.06. The molecule has 2 nitrogen and oxygen atoms in total. The van der Waals surface area contributed by atoms with Crippen LogP contribution in [0.25, 0.3) is 0 Å². The third kappa shape index (κ3) is 1.10. The number of ether oxygens (including phenoxy) is 2. The molecule has 0 aromatic rings. The quantitative estimate of drug-likeness (QED) is 0.593. The van der Waals surface area contributed by atoms with Gasteiger partial charge in [0.2, 0.25) is 0 Å². The van der Waals surface area contributed by atoms with Crippen LogP contribution in [0.5, 0.6) is 0 Å². The zero-order valence-electron chi connectivity index (χ0n) is 9.27. The second-order valence-corrected chi connectivity index (χ2v) is 5.95. The monoisotopic (exact) mass is 196 g/mol. The van der Waals surface area contributed by atoms with Crippen molar-refractivity contribution in [2.45, 2.75) is 51.7 Å². The van der Waals surface area contributed by atoms with Crippen molar-refractivity contribution < 1.29 is 9.47 Å². The van der Waals surface area contributed by atoms with Gasteiger partial charge in [-0.05, 0) is 30.1 Å². The summed E-state index contributed by atoms with van der Waals surface area (Å²) >= 11 is 0. The Kier molecular flexibility index (Phi) is 1.66. The van der Waals surface area contributed by atoms with Crippen LogP contribution in [0.4, 0.5) is 0 Å². The molecule has 0 bridgehead atoms. The normalized spacial score (nSPS) is 36.4. The van der Waals surface area contributed by atoms with E-state index in [-0.39, 0.29) is 5.79 Å². The van der Waals surface area contributed by atoms with Crippen LogP contribution in [0.15, 0.2) is 0 Å². The molecule has 3 aliphatic rings. The maximum Gasteiger partial charge on any atom is 0.169 e. The minimum Gasteiger partial charge on any atom is -0.348 e. The Labute approximate surface area is 86.0 Å². The van der Waals surface area contributed by atoms with E-state index in [1.54, 1.807) is 0 Å². The molecule has 14 heavy (non-hydrogen) atoms. The minimum atomic E-state index is -0.197. The molecule has 2 spiro atoms. The summed E-state index contributed by atoms with van der Waals surface area (Å²) in [7, 11) is 0. The average Bonchev–Trinajstić information content (AvgIpc) is 2.79. The fraction of sp³-hybridized carbons (Fsp3) is 1.00. The van der Waals surface area contributed by atoms with Crippen LogP contribution in [-0.2, 0) is 9.47 Å². The number of hydrogen-bond donors (Lipinski definition) is 0. The van der Waals surface area contributed by atoms with Crippen molar-refractivity contribution in [1.82, 2.24) is 0 Å². The molecule has 0 amide bonds. The van der Waals surface area contributed by atoms with E-state index in [0.29, 0.717) is 10.8 Å². The second kappa shape index (κ2) is 2.53. The van der Waals surface area contributed by atoms with E-state index in [4.69, 9.17) is 9.47 Å². The number of hydrogen-bond acceptors (Lipinski definition) is 2. The Balaban J connectivity index is 1.83. The topological polar surface area (TPSA) is 18.5 Å². The molecule has 0 aromatic carbocycles. The van der Waals surface area contributed by atoms with Gasteiger partial charge in [-0.15, -0.1) is 0 Å². The van der Waals surface area contributed by atoms with Gasteiger partial charge in [-0.25, -0.2) is 0 Å². The maximum atomic E-state index is 5.82. The fourth-order valence-corrected chi connectivity index (χ4v) is 3.54. The minimum absolute atomic E-state index is 0.197. The molecule has 0 atom stereocenters. The lowest BCUT2D eigenvalue weighted by molar-refractivity contribution is -0.212. The molecule has 0 aromatic heterocycles. The maximum absolute atomic E-state index is 5.82. The van der Waals surface area contributed by atoms with Gasteiger partial charge in [-0.3, -0.25) is 0 Å². The summed E-state index contributed by atoms with van der Waals surface area (Å²) in [6, 6.07) is 0. The van der Waals surface area contributed by atoms with E-state index in [1.165, 1.54) is 19.3 Å². The van der Waals surface area contributed by atoms with Crippen LogP contribution >= 0.6 is 0 Å². The van der Waals surface area contributed by atoms with Crippen LogP contribution in [-0.4, -0.2) is 19.0 Å². The van der Waals surface area contributed by atoms with Gasteiger partial charge in [0.25, 0.3) is 0 Å². The Bertz CT molecular complexity index is 247. The van der Waals surface area contributed by atoms with Gasteiger partial charge in [0.15, 0.2) is 5.79 Å². The Morgan fingerprint density at radius 2 is 1.43 bits per heavy atom. The zero-order valence-corrected chi connectivity index (χ0v) is 9.27. The predicted octanol–water partition coefficient (Wildman–Crippen LogP) is 2.72. The van der Waals surface area contributed by atoms with E-state index in [1.807, 2.05) is 0 Å². The Morgan fingerprint density at radius 1 is 0.857 bits per heavy atom. The third-order valence-corrected chi connectivity index (χ3v) is 4.80. The first kappa shape index (κ1) is 9.17. The van der Waals surface area contributed by atoms with Crippen LogP contribution in [0.1, 0.15) is 46.0 Å². The third-order valence-electron chi connectivity index (χ3n) is 4.80. The van der Waals surface area contributed by atoms with E-state index in [0.717, 1.165) is 26.1 Å². The molecule has 3 fully saturated rings. The molecular weight excluding hydrogens is 176 g/mol. The van der Waals surface area contributed by atoms with Crippen molar-refractivity contribution in [2.75, 3.05) is 13.2 Å². The molecule has 2 heteroatoms. The highest BCUT2D eigenvalue weighted by Crippen LogP contribution is 2.67. The first-order valence-electron chi connectivity index (χ1n) is 5.86. The lowest BCUT2D eigenvalue weighted by atomic mass is 9.64. The molecular formula is C12H20O2. The standard InChI is InChI=1S/C12H20O2/c1-10(2)9-12(13-7-8-14-12)6-5-11(10)3-4-11/h3-9H2,1-2H3. The summed E-state index contributed by atoms with van der Waals surface area (Å²) in [6.45, 7) is 6.38. The first-order valence-corrected chi connectivity index (χ1v) is 5.86. The second-order valence-electron chi connectivity index (χ2n) is 5.95. The van der Waals surface area contributed by atoms with Crippen molar-refractivity contribution in [1.29, 1.82) is 0 Å². The lowest BCUT2D eigenvalue weighted by Gasteiger charge is -2.47. The highest BCUT2D eigenvalue weighted by atomic mass is 16.7. The van der Waals surface area contributed by atoms with Crippen LogP contribution < -0.4 is 0 Å². The molecule has 1 aliphatic heterocycles. The molecule has 0 unspecified atom stereocenters. The zero-order chi connectivity index (χ0) is 9.86. The van der Waals surface area contributed by atoms with Crippen molar-refractivity contribution in [2.24, 2.45) is 10.8 Å². The summed E-state index contributed by atoms with van der Waals surface area (Å²) in [5, 5.41) is 0. The van der Waals surface area contributed by atoms with Crippen molar-refractivity contribution in [3.63, 3.8) is 0 Å². The molecule has 0 radical (unpaired) electrons. The van der Waals surface area contributed by atoms with E-state index in [2.05, 4.69) is 13.8 Å². The van der Waals surface area contributed by atoms with Crippen molar-refractivity contribution in [3.8, 4) is 0 Å². The predicted molar refractivity (Wildman–Crippen MR) is 53.9 cm³/mol. The Morgan fingerprint density at radius 3 is 1.93 bits per heavy atom. The Hall–Kier alpha value is -0.0800. The van der Waals surface area contributed by atoms with E-state index in [9.17, 15) is 0 Å². The summed E-state index contributed by atoms with van der Waals surface area (Å²) in [5.74, 6) is -0.197. The van der Waals surface area contributed by atoms with Crippen molar-refractivity contribution >= 4 is 0 Å². The first-order chi connectivity index (χ1) is 6.58. The van der Waals surface area contributed by atoms with Crippen LogP contribution in [0, 0.1) is 10.8 Å².